The Morgan fingerprint density at radius 2 is 2.00 bits per heavy atom. The van der Waals surface area contributed by atoms with Crippen LogP contribution >= 0.6 is 0 Å². The zero-order valence-corrected chi connectivity index (χ0v) is 11.6. The van der Waals surface area contributed by atoms with Gasteiger partial charge in [0.25, 0.3) is 5.56 Å². The molecule has 1 aromatic heterocycles. The number of nitrogens with zero attached hydrogens (tertiary/aromatic N) is 2. The number of aromatic amines is 1. The molecular formula is C15H11FN4O2. The van der Waals surface area contributed by atoms with Crippen molar-refractivity contribution in [1.82, 2.24) is 4.98 Å². The van der Waals surface area contributed by atoms with Crippen molar-refractivity contribution in [3.63, 3.8) is 0 Å². The summed E-state index contributed by atoms with van der Waals surface area (Å²) in [6, 6.07) is 7.42. The summed E-state index contributed by atoms with van der Waals surface area (Å²) in [5.74, 6) is -0.627. The highest BCUT2D eigenvalue weighted by Gasteiger charge is 2.20. The minimum atomic E-state index is -0.776. The first-order valence-corrected chi connectivity index (χ1v) is 6.32. The van der Waals surface area contributed by atoms with E-state index in [4.69, 9.17) is 15.7 Å². The minimum absolute atomic E-state index is 0.0608. The van der Waals surface area contributed by atoms with Crippen LogP contribution in [0.15, 0.2) is 23.0 Å². The Morgan fingerprint density at radius 3 is 2.55 bits per heavy atom. The third kappa shape index (κ3) is 2.48. The maximum atomic E-state index is 14.3. The van der Waals surface area contributed by atoms with Crippen LogP contribution in [-0.4, -0.2) is 11.6 Å². The van der Waals surface area contributed by atoms with Gasteiger partial charge < -0.3 is 15.5 Å². The molecule has 1 heterocycles. The van der Waals surface area contributed by atoms with Crippen molar-refractivity contribution < 1.29 is 9.13 Å². The van der Waals surface area contributed by atoms with Gasteiger partial charge in [-0.1, -0.05) is 0 Å². The first kappa shape index (κ1) is 15.1. The van der Waals surface area contributed by atoms with Gasteiger partial charge in [0.2, 0.25) is 0 Å². The highest BCUT2D eigenvalue weighted by atomic mass is 19.1. The molecule has 110 valence electrons. The largest absolute Gasteiger partial charge is 0.494 e. The smallest absolute Gasteiger partial charge is 0.268 e. The second-order valence-electron chi connectivity index (χ2n) is 4.29. The Bertz CT molecular complexity index is 875. The highest BCUT2D eigenvalue weighted by Crippen LogP contribution is 2.31. The van der Waals surface area contributed by atoms with Crippen molar-refractivity contribution in [3.05, 3.63) is 45.5 Å². The predicted octanol–water partition coefficient (Wildman–Crippen LogP) is 1.91. The fourth-order valence-corrected chi connectivity index (χ4v) is 2.07. The number of rotatable bonds is 3. The van der Waals surface area contributed by atoms with Gasteiger partial charge in [0, 0.05) is 17.2 Å². The number of benzene rings is 1. The standard InChI is InChI=1S/C15H11FN4O2/c1-2-22-8-3-4-9(12(16)5-8)13-10(6-17)14(19)20-15(21)11(13)7-18/h3-5H,2H2,1H3,(H3,19,20,21). The Labute approximate surface area is 125 Å². The molecule has 0 radical (unpaired) electrons. The van der Waals surface area contributed by atoms with E-state index in [0.717, 1.165) is 6.07 Å². The summed E-state index contributed by atoms with van der Waals surface area (Å²) < 4.78 is 19.5. The number of nitriles is 2. The quantitative estimate of drug-likeness (QED) is 0.897. The van der Waals surface area contributed by atoms with Gasteiger partial charge in [-0.25, -0.2) is 4.39 Å². The minimum Gasteiger partial charge on any atom is -0.494 e. The molecule has 0 spiro atoms. The molecule has 0 atom stereocenters. The van der Waals surface area contributed by atoms with Crippen molar-refractivity contribution in [1.29, 1.82) is 10.5 Å². The van der Waals surface area contributed by atoms with E-state index in [2.05, 4.69) is 4.98 Å². The van der Waals surface area contributed by atoms with Gasteiger partial charge in [-0.05, 0) is 19.1 Å². The molecule has 7 heteroatoms. The van der Waals surface area contributed by atoms with Crippen LogP contribution in [0.2, 0.25) is 0 Å². The van der Waals surface area contributed by atoms with Crippen molar-refractivity contribution in [2.24, 2.45) is 0 Å². The van der Waals surface area contributed by atoms with Gasteiger partial charge in [0.05, 0.1) is 6.61 Å². The van der Waals surface area contributed by atoms with Gasteiger partial charge in [-0.15, -0.1) is 0 Å². The SMILES string of the molecule is CCOc1ccc(-c2c(C#N)c(N)[nH]c(=O)c2C#N)c(F)c1. The molecule has 3 N–H and O–H groups in total. The fraction of sp³-hybridized carbons (Fsp3) is 0.133. The molecule has 0 fully saturated rings. The number of ether oxygens (including phenoxy) is 1. The number of anilines is 1. The first-order valence-electron chi connectivity index (χ1n) is 6.32. The summed E-state index contributed by atoms with van der Waals surface area (Å²) >= 11 is 0. The lowest BCUT2D eigenvalue weighted by Gasteiger charge is -2.11. The number of nitrogens with one attached hydrogen (secondary N) is 1. The lowest BCUT2D eigenvalue weighted by Crippen LogP contribution is -2.16. The molecule has 0 amide bonds. The van der Waals surface area contributed by atoms with E-state index < -0.39 is 11.4 Å². The molecule has 0 saturated carbocycles. The van der Waals surface area contributed by atoms with Gasteiger partial charge in [-0.3, -0.25) is 4.79 Å². The van der Waals surface area contributed by atoms with E-state index in [1.807, 2.05) is 0 Å². The van der Waals surface area contributed by atoms with Gasteiger partial charge in [0.1, 0.15) is 40.6 Å². The number of pyridine rings is 1. The van der Waals surface area contributed by atoms with Crippen LogP contribution in [0.25, 0.3) is 11.1 Å². The lowest BCUT2D eigenvalue weighted by molar-refractivity contribution is 0.338. The number of hydrogen-bond acceptors (Lipinski definition) is 5. The summed E-state index contributed by atoms with van der Waals surface area (Å²) in [6.45, 7) is 2.12. The van der Waals surface area contributed by atoms with Crippen LogP contribution in [0.5, 0.6) is 5.75 Å². The summed E-state index contributed by atoms with van der Waals surface area (Å²) in [5, 5.41) is 18.3. The van der Waals surface area contributed by atoms with Gasteiger partial charge >= 0.3 is 0 Å². The van der Waals surface area contributed by atoms with Crippen LogP contribution in [0.4, 0.5) is 10.2 Å². The van der Waals surface area contributed by atoms with Crippen LogP contribution in [-0.2, 0) is 0 Å². The van der Waals surface area contributed by atoms with Gasteiger partial charge in [-0.2, -0.15) is 10.5 Å². The monoisotopic (exact) mass is 298 g/mol. The lowest BCUT2D eigenvalue weighted by atomic mass is 9.96. The van der Waals surface area contributed by atoms with E-state index in [1.165, 1.54) is 12.1 Å². The van der Waals surface area contributed by atoms with Crippen LogP contribution in [0, 0.1) is 28.5 Å². The number of H-pyrrole nitrogens is 1. The topological polar surface area (TPSA) is 116 Å². The Kier molecular flexibility index (Phi) is 4.10. The summed E-state index contributed by atoms with van der Waals surface area (Å²) in [4.78, 5) is 14.0. The summed E-state index contributed by atoms with van der Waals surface area (Å²) in [5.41, 5.74) is 4.11. The average molecular weight is 298 g/mol. The van der Waals surface area contributed by atoms with Crippen molar-refractivity contribution in [2.75, 3.05) is 12.3 Å². The second kappa shape index (κ2) is 5.98. The third-order valence-electron chi connectivity index (χ3n) is 2.99. The Balaban J connectivity index is 2.81. The molecule has 0 bridgehead atoms. The van der Waals surface area contributed by atoms with E-state index in [0.29, 0.717) is 12.4 Å². The molecule has 0 saturated heterocycles. The van der Waals surface area contributed by atoms with Crippen LogP contribution < -0.4 is 16.0 Å². The average Bonchev–Trinajstić information content (AvgIpc) is 2.47. The van der Waals surface area contributed by atoms with E-state index in [1.54, 1.807) is 19.1 Å². The van der Waals surface area contributed by atoms with Crippen LogP contribution in [0.3, 0.4) is 0 Å². The van der Waals surface area contributed by atoms with Crippen molar-refractivity contribution in [3.8, 4) is 29.0 Å². The number of halogens is 1. The van der Waals surface area contributed by atoms with E-state index in [-0.39, 0.29) is 28.1 Å². The third-order valence-corrected chi connectivity index (χ3v) is 2.99. The van der Waals surface area contributed by atoms with E-state index in [9.17, 15) is 14.4 Å². The molecule has 0 aliphatic rings. The predicted molar refractivity (Wildman–Crippen MR) is 77.5 cm³/mol. The molecule has 0 unspecified atom stereocenters. The highest BCUT2D eigenvalue weighted by molar-refractivity contribution is 5.80. The normalized spacial score (nSPS) is 9.82. The van der Waals surface area contributed by atoms with Crippen molar-refractivity contribution in [2.45, 2.75) is 6.92 Å². The molecule has 6 nitrogen and oxygen atoms in total. The zero-order valence-electron chi connectivity index (χ0n) is 11.6. The number of hydrogen-bond donors (Lipinski definition) is 2. The maximum Gasteiger partial charge on any atom is 0.268 e. The molecular weight excluding hydrogens is 287 g/mol. The summed E-state index contributed by atoms with van der Waals surface area (Å²) in [7, 11) is 0. The molecule has 2 aromatic rings. The number of aromatic nitrogens is 1. The number of nitrogen functional groups attached to an aromatic ring is 1. The van der Waals surface area contributed by atoms with Crippen molar-refractivity contribution >= 4 is 5.82 Å². The molecule has 1 aromatic carbocycles. The second-order valence-corrected chi connectivity index (χ2v) is 4.29. The fourth-order valence-electron chi connectivity index (χ4n) is 2.07. The molecule has 2 rings (SSSR count). The summed E-state index contributed by atoms with van der Waals surface area (Å²) in [6.07, 6.45) is 0. The molecule has 0 aliphatic heterocycles. The number of nitrogens with two attached hydrogens (primary N) is 1. The Morgan fingerprint density at radius 1 is 1.32 bits per heavy atom. The van der Waals surface area contributed by atoms with E-state index >= 15 is 0 Å². The molecule has 22 heavy (non-hydrogen) atoms. The molecule has 0 aliphatic carbocycles. The maximum absolute atomic E-state index is 14.3. The zero-order chi connectivity index (χ0) is 16.3. The van der Waals surface area contributed by atoms with Crippen LogP contribution in [0.1, 0.15) is 18.1 Å². The Hall–Kier alpha value is -3.32. The van der Waals surface area contributed by atoms with Gasteiger partial charge in [0.15, 0.2) is 0 Å². The first-order chi connectivity index (χ1) is 10.5.